The van der Waals surface area contributed by atoms with Crippen LogP contribution in [0, 0.1) is 0 Å². The van der Waals surface area contributed by atoms with E-state index >= 15 is 0 Å². The Morgan fingerprint density at radius 1 is 1.02 bits per heavy atom. The van der Waals surface area contributed by atoms with Crippen LogP contribution < -0.4 is 15.7 Å². The van der Waals surface area contributed by atoms with Crippen molar-refractivity contribution in [3.63, 3.8) is 0 Å². The molecule has 1 aromatic heterocycles. The molecular weight excluding hydrogens is 718 g/mol. The quantitative estimate of drug-likeness (QED) is 0.0627. The highest BCUT2D eigenvalue weighted by molar-refractivity contribution is 7.99. The second-order valence-electron chi connectivity index (χ2n) is 12.6. The number of anilines is 3. The monoisotopic (exact) mass is 758 g/mol. The molecule has 51 heavy (non-hydrogen) atoms. The summed E-state index contributed by atoms with van der Waals surface area (Å²) >= 11 is 2.65. The zero-order valence-corrected chi connectivity index (χ0v) is 30.8. The van der Waals surface area contributed by atoms with Crippen molar-refractivity contribution in [2.45, 2.75) is 40.6 Å². The van der Waals surface area contributed by atoms with Crippen LogP contribution in [-0.4, -0.2) is 75.6 Å². The number of carbonyl (C=O) groups is 1. The van der Waals surface area contributed by atoms with Crippen LogP contribution in [0.3, 0.4) is 0 Å². The molecule has 0 saturated carbocycles. The van der Waals surface area contributed by atoms with E-state index in [1.54, 1.807) is 48.2 Å². The zero-order valence-electron chi connectivity index (χ0n) is 28.3. The molecule has 0 aliphatic carbocycles. The topological polar surface area (TPSA) is 102 Å². The van der Waals surface area contributed by atoms with Gasteiger partial charge in [-0.25, -0.2) is 8.42 Å². The lowest BCUT2D eigenvalue weighted by molar-refractivity contribution is -0.137. The van der Waals surface area contributed by atoms with Crippen molar-refractivity contribution in [3.8, 4) is 0 Å². The lowest BCUT2D eigenvalue weighted by atomic mass is 9.98. The number of Topliss-reactive ketones (excluding diaryl/α,β-unsaturated/α-hetero) is 1. The molecule has 0 amide bonds. The summed E-state index contributed by atoms with van der Waals surface area (Å²) in [5, 5.41) is 13.7. The molecule has 0 unspecified atom stereocenters. The summed E-state index contributed by atoms with van der Waals surface area (Å²) in [5.74, 6) is -0.580. The number of halogens is 3. The van der Waals surface area contributed by atoms with E-state index in [1.165, 1.54) is 18.2 Å². The number of nitrogens with zero attached hydrogens (tertiary/aromatic N) is 2. The molecule has 1 aliphatic heterocycles. The van der Waals surface area contributed by atoms with Gasteiger partial charge in [0.2, 0.25) is 0 Å². The number of alkyl halides is 3. The molecule has 0 radical (unpaired) electrons. The molecule has 0 spiro atoms. The number of thioether (sulfide) groups is 1. The van der Waals surface area contributed by atoms with Crippen LogP contribution in [-0.2, 0) is 16.0 Å². The average Bonchev–Trinajstić information content (AvgIpc) is 3.54. The van der Waals surface area contributed by atoms with Crippen LogP contribution >= 0.6 is 23.1 Å². The molecule has 1 aliphatic rings. The van der Waals surface area contributed by atoms with E-state index in [1.807, 2.05) is 44.4 Å². The summed E-state index contributed by atoms with van der Waals surface area (Å²) in [6.07, 6.45) is -0.833. The largest absolute Gasteiger partial charge is 0.416 e. The van der Waals surface area contributed by atoms with Crippen molar-refractivity contribution in [2.75, 3.05) is 60.9 Å². The average molecular weight is 759 g/mol. The molecule has 0 bridgehead atoms. The molecule has 8 nitrogen and oxygen atoms in total. The van der Waals surface area contributed by atoms with Crippen molar-refractivity contribution < 1.29 is 31.6 Å². The van der Waals surface area contributed by atoms with Crippen LogP contribution in [0.5, 0.6) is 0 Å². The highest BCUT2D eigenvalue weighted by Gasteiger charge is 2.32. The van der Waals surface area contributed by atoms with Crippen molar-refractivity contribution in [2.24, 2.45) is 0 Å². The lowest BCUT2D eigenvalue weighted by Crippen LogP contribution is -2.30. The maximum Gasteiger partial charge on any atom is 0.416 e. The van der Waals surface area contributed by atoms with Gasteiger partial charge in [-0.1, -0.05) is 48.0 Å². The smallest absolute Gasteiger partial charge is 0.372 e. The Morgan fingerprint density at radius 2 is 1.69 bits per heavy atom. The SMILES string of the molecule is CN(C)CC[C@H](CSc1ccccc1)Nc1sc(S(=O)(=O)CC(=O)c2ccc(N3CCC(=Cc4ccccc4C(F)(F)F)CC3)cc2)cc1NO. The molecule has 3 N–H and O–H groups in total. The van der Waals surface area contributed by atoms with E-state index in [4.69, 9.17) is 0 Å². The molecule has 5 rings (SSSR count). The summed E-state index contributed by atoms with van der Waals surface area (Å²) in [7, 11) is -0.0669. The molecule has 1 saturated heterocycles. The molecule has 1 atom stereocenters. The lowest BCUT2D eigenvalue weighted by Gasteiger charge is -2.30. The van der Waals surface area contributed by atoms with Gasteiger partial charge in [0.15, 0.2) is 15.6 Å². The fourth-order valence-electron chi connectivity index (χ4n) is 5.70. The van der Waals surface area contributed by atoms with Gasteiger partial charge in [0.1, 0.15) is 15.0 Å². The first-order chi connectivity index (χ1) is 24.3. The Bertz CT molecular complexity index is 1910. The highest BCUT2D eigenvalue weighted by atomic mass is 32.2. The second-order valence-corrected chi connectivity index (χ2v) is 16.9. The fourth-order valence-corrected chi connectivity index (χ4v) is 9.40. The summed E-state index contributed by atoms with van der Waals surface area (Å²) in [5.41, 5.74) is 3.86. The summed E-state index contributed by atoms with van der Waals surface area (Å²) in [6.45, 7) is 1.99. The van der Waals surface area contributed by atoms with Gasteiger partial charge in [-0.2, -0.15) is 13.2 Å². The Balaban J connectivity index is 1.20. The molecule has 272 valence electrons. The third-order valence-electron chi connectivity index (χ3n) is 8.50. The third-order valence-corrected chi connectivity index (χ3v) is 12.9. The number of carbonyl (C=O) groups excluding carboxylic acids is 1. The summed E-state index contributed by atoms with van der Waals surface area (Å²) in [6, 6.07) is 23.5. The number of thiophene rings is 1. The van der Waals surface area contributed by atoms with Crippen molar-refractivity contribution >= 4 is 61.2 Å². The number of hydrogen-bond acceptors (Lipinski definition) is 10. The number of rotatable bonds is 15. The van der Waals surface area contributed by atoms with Crippen LogP contribution in [0.15, 0.2) is 99.6 Å². The Hall–Kier alpha value is -3.82. The summed E-state index contributed by atoms with van der Waals surface area (Å²) in [4.78, 5) is 18.5. The minimum atomic E-state index is -4.42. The minimum Gasteiger partial charge on any atom is -0.372 e. The van der Waals surface area contributed by atoms with Crippen LogP contribution in [0.1, 0.15) is 40.7 Å². The Kier molecular flexibility index (Phi) is 12.9. The van der Waals surface area contributed by atoms with Gasteiger partial charge >= 0.3 is 6.18 Å². The Morgan fingerprint density at radius 3 is 2.33 bits per heavy atom. The molecule has 1 fully saturated rings. The van der Waals surface area contributed by atoms with Gasteiger partial charge in [-0.15, -0.1) is 23.1 Å². The highest BCUT2D eigenvalue weighted by Crippen LogP contribution is 2.38. The molecule has 2 heterocycles. The maximum atomic E-state index is 13.4. The molecule has 14 heteroatoms. The standard InChI is InChI=1S/C37H41F3N4O4S3/c1-43(2)19-18-29(24-49-31-9-4-3-5-10-31)41-36-33(42-46)23-35(50-36)51(47,48)25-34(45)27-12-14-30(15-13-27)44-20-16-26(17-21-44)22-28-8-6-7-11-32(28)37(38,39)40/h3-15,22-23,29,41-42,46H,16-21,24-25H2,1-2H3/t29-/m1/s1. The van der Waals surface area contributed by atoms with E-state index < -0.39 is 33.1 Å². The van der Waals surface area contributed by atoms with Gasteiger partial charge in [0, 0.05) is 41.0 Å². The first-order valence-corrected chi connectivity index (χ1v) is 19.9. The predicted octanol–water partition coefficient (Wildman–Crippen LogP) is 8.43. The van der Waals surface area contributed by atoms with Gasteiger partial charge in [-0.3, -0.25) is 15.5 Å². The van der Waals surface area contributed by atoms with Crippen molar-refractivity contribution in [1.82, 2.24) is 4.90 Å². The number of benzene rings is 3. The maximum absolute atomic E-state index is 13.4. The number of piperidine rings is 1. The van der Waals surface area contributed by atoms with E-state index in [-0.39, 0.29) is 27.1 Å². The normalized spacial score (nSPS) is 14.4. The van der Waals surface area contributed by atoms with Gasteiger partial charge in [-0.05, 0) is 94.0 Å². The van der Waals surface area contributed by atoms with Crippen LogP contribution in [0.2, 0.25) is 0 Å². The molecular formula is C37H41F3N4O4S3. The van der Waals surface area contributed by atoms with Gasteiger partial charge in [0.25, 0.3) is 0 Å². The van der Waals surface area contributed by atoms with Crippen LogP contribution in [0.4, 0.5) is 29.5 Å². The number of sulfone groups is 1. The fraction of sp³-hybridized carbons (Fsp3) is 0.324. The minimum absolute atomic E-state index is 0.0346. The first kappa shape index (κ1) is 38.4. The van der Waals surface area contributed by atoms with E-state index in [0.717, 1.165) is 46.5 Å². The third kappa shape index (κ3) is 10.6. The molecule has 4 aromatic rings. The summed E-state index contributed by atoms with van der Waals surface area (Å²) < 4.78 is 67.1. The van der Waals surface area contributed by atoms with Gasteiger partial charge < -0.3 is 15.1 Å². The van der Waals surface area contributed by atoms with Crippen LogP contribution in [0.25, 0.3) is 6.08 Å². The number of nitrogens with one attached hydrogen (secondary N) is 2. The van der Waals surface area contributed by atoms with E-state index in [9.17, 15) is 31.6 Å². The van der Waals surface area contributed by atoms with Crippen molar-refractivity contribution in [1.29, 1.82) is 0 Å². The second kappa shape index (κ2) is 17.1. The Labute approximate surface area is 305 Å². The predicted molar refractivity (Wildman–Crippen MR) is 201 cm³/mol. The van der Waals surface area contributed by atoms with Gasteiger partial charge in [0.05, 0.1) is 11.3 Å². The molecule has 3 aromatic carbocycles. The number of hydrogen-bond donors (Lipinski definition) is 3. The van der Waals surface area contributed by atoms with E-state index in [2.05, 4.69) is 20.6 Å². The zero-order chi connectivity index (χ0) is 36.6. The van der Waals surface area contributed by atoms with Crippen molar-refractivity contribution in [3.05, 3.63) is 107 Å². The first-order valence-electron chi connectivity index (χ1n) is 16.4. The number of ketones is 1. The van der Waals surface area contributed by atoms with E-state index in [0.29, 0.717) is 36.7 Å².